The van der Waals surface area contributed by atoms with E-state index in [1.807, 2.05) is 23.1 Å². The van der Waals surface area contributed by atoms with Crippen molar-refractivity contribution in [2.45, 2.75) is 32.7 Å². The van der Waals surface area contributed by atoms with E-state index in [1.165, 1.54) is 33.6 Å². The highest BCUT2D eigenvalue weighted by Crippen LogP contribution is 2.29. The Hall–Kier alpha value is -0.220. The van der Waals surface area contributed by atoms with Crippen LogP contribution in [-0.4, -0.2) is 22.5 Å². The Kier molecular flexibility index (Phi) is 3.34. The lowest BCUT2D eigenvalue weighted by Crippen LogP contribution is -2.33. The van der Waals surface area contributed by atoms with Crippen molar-refractivity contribution in [1.29, 1.82) is 0 Å². The van der Waals surface area contributed by atoms with Crippen molar-refractivity contribution < 1.29 is 0 Å². The Morgan fingerprint density at radius 2 is 2.29 bits per heavy atom. The summed E-state index contributed by atoms with van der Waals surface area (Å²) in [6, 6.07) is 0.689. The van der Waals surface area contributed by atoms with Gasteiger partial charge in [-0.05, 0) is 19.8 Å². The van der Waals surface area contributed by atoms with Gasteiger partial charge in [-0.15, -0.1) is 11.3 Å². The molecule has 0 aliphatic carbocycles. The molecule has 1 fully saturated rings. The molecule has 1 aromatic heterocycles. The Morgan fingerprint density at radius 3 is 2.86 bits per heavy atom. The summed E-state index contributed by atoms with van der Waals surface area (Å²) in [6.07, 6.45) is 2.30. The van der Waals surface area contributed by atoms with Gasteiger partial charge in [-0.3, -0.25) is 0 Å². The van der Waals surface area contributed by atoms with Crippen molar-refractivity contribution in [2.75, 3.05) is 16.8 Å². The first-order chi connectivity index (χ1) is 6.79. The largest absolute Gasteiger partial charge is 0.371 e. The van der Waals surface area contributed by atoms with E-state index < -0.39 is 0 Å². The molecule has 78 valence electrons. The van der Waals surface area contributed by atoms with E-state index in [0.717, 1.165) is 6.42 Å². The first kappa shape index (κ1) is 10.3. The van der Waals surface area contributed by atoms with Crippen molar-refractivity contribution in [2.24, 2.45) is 0 Å². The number of thiazole rings is 1. The van der Waals surface area contributed by atoms with E-state index in [2.05, 4.69) is 24.1 Å². The van der Waals surface area contributed by atoms with Crippen LogP contribution in [0.15, 0.2) is 0 Å². The number of thioether (sulfide) groups is 1. The van der Waals surface area contributed by atoms with Crippen LogP contribution in [0.2, 0.25) is 0 Å². The second-order valence-corrected chi connectivity index (χ2v) is 5.81. The van der Waals surface area contributed by atoms with E-state index in [9.17, 15) is 0 Å². The smallest absolute Gasteiger partial charge is 0.112 e. The molecule has 4 heteroatoms. The van der Waals surface area contributed by atoms with Gasteiger partial charge in [0.2, 0.25) is 0 Å². The Balaban J connectivity index is 2.00. The maximum Gasteiger partial charge on any atom is 0.112 e. The normalized spacial score (nSPS) is 16.7. The summed E-state index contributed by atoms with van der Waals surface area (Å²) < 4.78 is 0. The van der Waals surface area contributed by atoms with Crippen LogP contribution in [0.1, 0.15) is 24.0 Å². The third kappa shape index (κ3) is 2.23. The van der Waals surface area contributed by atoms with Crippen molar-refractivity contribution in [3.8, 4) is 0 Å². The quantitative estimate of drug-likeness (QED) is 0.857. The Labute approximate surface area is 93.5 Å². The molecule has 0 unspecified atom stereocenters. The molecule has 1 aromatic rings. The maximum atomic E-state index is 4.56. The standard InChI is InChI=1S/C10H16N2S2/c1-3-4-9-11-7(2)10(14-9)12-8-5-13-6-8/h8,12H,3-6H2,1-2H3. The number of nitrogens with zero attached hydrogens (tertiary/aromatic N) is 1. The summed E-state index contributed by atoms with van der Waals surface area (Å²) in [5.41, 5.74) is 1.18. The van der Waals surface area contributed by atoms with Crippen LogP contribution in [0.5, 0.6) is 0 Å². The zero-order chi connectivity index (χ0) is 9.97. The predicted octanol–water partition coefficient (Wildman–Crippen LogP) is 2.93. The minimum Gasteiger partial charge on any atom is -0.371 e. The molecule has 1 N–H and O–H groups in total. The average Bonchev–Trinajstić information content (AvgIpc) is 2.40. The molecule has 1 aliphatic rings. The van der Waals surface area contributed by atoms with Crippen molar-refractivity contribution in [1.82, 2.24) is 4.98 Å². The van der Waals surface area contributed by atoms with Gasteiger partial charge in [0.05, 0.1) is 10.7 Å². The van der Waals surface area contributed by atoms with Gasteiger partial charge in [-0.2, -0.15) is 11.8 Å². The number of aromatic nitrogens is 1. The van der Waals surface area contributed by atoms with Gasteiger partial charge < -0.3 is 5.32 Å². The topological polar surface area (TPSA) is 24.9 Å². The lowest BCUT2D eigenvalue weighted by Gasteiger charge is -2.26. The van der Waals surface area contributed by atoms with E-state index in [1.54, 1.807) is 0 Å². The van der Waals surface area contributed by atoms with Crippen LogP contribution in [0.4, 0.5) is 5.00 Å². The molecule has 0 bridgehead atoms. The minimum atomic E-state index is 0.689. The predicted molar refractivity (Wildman–Crippen MR) is 65.6 cm³/mol. The zero-order valence-electron chi connectivity index (χ0n) is 8.67. The summed E-state index contributed by atoms with van der Waals surface area (Å²) >= 11 is 3.84. The highest BCUT2D eigenvalue weighted by molar-refractivity contribution is 8.00. The van der Waals surface area contributed by atoms with Crippen LogP contribution in [0.25, 0.3) is 0 Å². The molecule has 2 nitrogen and oxygen atoms in total. The van der Waals surface area contributed by atoms with Crippen molar-refractivity contribution in [3.63, 3.8) is 0 Å². The van der Waals surface area contributed by atoms with Crippen LogP contribution in [0, 0.1) is 6.92 Å². The summed E-state index contributed by atoms with van der Waals surface area (Å²) in [4.78, 5) is 4.56. The highest BCUT2D eigenvalue weighted by atomic mass is 32.2. The lowest BCUT2D eigenvalue weighted by molar-refractivity contribution is 0.881. The van der Waals surface area contributed by atoms with E-state index in [0.29, 0.717) is 6.04 Å². The molecule has 0 atom stereocenters. The third-order valence-corrected chi connectivity index (χ3v) is 4.70. The zero-order valence-corrected chi connectivity index (χ0v) is 10.3. The number of aryl methyl sites for hydroxylation is 2. The van der Waals surface area contributed by atoms with Gasteiger partial charge in [0.25, 0.3) is 0 Å². The first-order valence-electron chi connectivity index (χ1n) is 5.10. The Morgan fingerprint density at radius 1 is 1.50 bits per heavy atom. The van der Waals surface area contributed by atoms with Crippen LogP contribution >= 0.6 is 23.1 Å². The summed E-state index contributed by atoms with van der Waals surface area (Å²) in [5.74, 6) is 2.50. The van der Waals surface area contributed by atoms with E-state index in [4.69, 9.17) is 0 Å². The number of nitrogens with one attached hydrogen (secondary N) is 1. The molecular weight excluding hydrogens is 212 g/mol. The van der Waals surface area contributed by atoms with Crippen LogP contribution in [0.3, 0.4) is 0 Å². The minimum absolute atomic E-state index is 0.689. The molecule has 0 amide bonds. The van der Waals surface area contributed by atoms with E-state index in [-0.39, 0.29) is 0 Å². The molecule has 2 rings (SSSR count). The molecule has 0 radical (unpaired) electrons. The third-order valence-electron chi connectivity index (χ3n) is 2.28. The van der Waals surface area contributed by atoms with Gasteiger partial charge in [0, 0.05) is 17.5 Å². The lowest BCUT2D eigenvalue weighted by atomic mass is 10.3. The first-order valence-corrected chi connectivity index (χ1v) is 7.07. The van der Waals surface area contributed by atoms with Gasteiger partial charge in [-0.25, -0.2) is 4.98 Å². The molecule has 14 heavy (non-hydrogen) atoms. The SMILES string of the molecule is CCCc1nc(C)c(NC2CSC2)s1. The molecule has 0 spiro atoms. The van der Waals surface area contributed by atoms with Crippen LogP contribution < -0.4 is 5.32 Å². The van der Waals surface area contributed by atoms with Gasteiger partial charge in [0.1, 0.15) is 5.00 Å². The summed E-state index contributed by atoms with van der Waals surface area (Å²) in [5, 5.41) is 6.13. The fourth-order valence-electron chi connectivity index (χ4n) is 1.41. The fourth-order valence-corrected chi connectivity index (χ4v) is 3.19. The summed E-state index contributed by atoms with van der Waals surface area (Å²) in [6.45, 7) is 4.30. The number of hydrogen-bond acceptors (Lipinski definition) is 4. The van der Waals surface area contributed by atoms with Crippen molar-refractivity contribution >= 4 is 28.1 Å². The number of hydrogen-bond donors (Lipinski definition) is 1. The Bertz CT molecular complexity index is 305. The number of rotatable bonds is 4. The molecular formula is C10H16N2S2. The molecule has 0 saturated carbocycles. The van der Waals surface area contributed by atoms with Gasteiger partial charge in [0.15, 0.2) is 0 Å². The second kappa shape index (κ2) is 4.53. The molecule has 1 saturated heterocycles. The van der Waals surface area contributed by atoms with Crippen molar-refractivity contribution in [3.05, 3.63) is 10.7 Å². The summed E-state index contributed by atoms with van der Waals surface area (Å²) in [7, 11) is 0. The fraction of sp³-hybridized carbons (Fsp3) is 0.700. The molecule has 1 aliphatic heterocycles. The monoisotopic (exact) mass is 228 g/mol. The van der Waals surface area contributed by atoms with Gasteiger partial charge >= 0.3 is 0 Å². The highest BCUT2D eigenvalue weighted by Gasteiger charge is 2.19. The van der Waals surface area contributed by atoms with Gasteiger partial charge in [-0.1, -0.05) is 6.92 Å². The molecule has 0 aromatic carbocycles. The number of anilines is 1. The van der Waals surface area contributed by atoms with E-state index >= 15 is 0 Å². The molecule has 2 heterocycles. The van der Waals surface area contributed by atoms with Crippen LogP contribution in [-0.2, 0) is 6.42 Å². The average molecular weight is 228 g/mol. The maximum absolute atomic E-state index is 4.56. The second-order valence-electron chi connectivity index (χ2n) is 3.65.